The Bertz CT molecular complexity index is 804. The number of hydrogen-bond donors (Lipinski definition) is 1. The van der Waals surface area contributed by atoms with Gasteiger partial charge < -0.3 is 10.3 Å². The molecule has 0 atom stereocenters. The zero-order valence-corrected chi connectivity index (χ0v) is 14.0. The number of imidazole rings is 1. The zero-order chi connectivity index (χ0) is 16.7. The van der Waals surface area contributed by atoms with Gasteiger partial charge in [0.15, 0.2) is 11.2 Å². The molecule has 7 heteroatoms. The van der Waals surface area contributed by atoms with Crippen LogP contribution < -0.4 is 17.0 Å². The summed E-state index contributed by atoms with van der Waals surface area (Å²) in [4.78, 5) is 30.0. The average molecular weight is 307 g/mol. The minimum Gasteiger partial charge on any atom is -0.324 e. The Morgan fingerprint density at radius 1 is 1.14 bits per heavy atom. The molecule has 2 N–H and O–H groups in total. The van der Waals surface area contributed by atoms with E-state index in [1.807, 2.05) is 25.3 Å². The van der Waals surface area contributed by atoms with Gasteiger partial charge in [0.2, 0.25) is 0 Å². The van der Waals surface area contributed by atoms with Gasteiger partial charge in [-0.15, -0.1) is 0 Å². The quantitative estimate of drug-likeness (QED) is 0.886. The Morgan fingerprint density at radius 2 is 1.77 bits per heavy atom. The predicted octanol–water partition coefficient (Wildman–Crippen LogP) is 0.835. The van der Waals surface area contributed by atoms with E-state index in [-0.39, 0.29) is 17.8 Å². The molecule has 0 saturated carbocycles. The molecule has 0 fully saturated rings. The normalized spacial score (nSPS) is 12.3. The molecule has 0 amide bonds. The molecule has 0 aliphatic rings. The van der Waals surface area contributed by atoms with Crippen molar-refractivity contribution in [2.45, 2.75) is 66.2 Å². The number of nitrogens with two attached hydrogens (primary N) is 1. The minimum absolute atomic E-state index is 0.179. The molecule has 0 radical (unpaired) electrons. The molecule has 7 nitrogen and oxygen atoms in total. The fraction of sp³-hybridized carbons (Fsp3) is 0.667. The summed E-state index contributed by atoms with van der Waals surface area (Å²) < 4.78 is 4.68. The van der Waals surface area contributed by atoms with Crippen molar-refractivity contribution < 1.29 is 0 Å². The second-order valence-corrected chi connectivity index (χ2v) is 6.39. The van der Waals surface area contributed by atoms with Crippen LogP contribution in [0.1, 0.15) is 39.9 Å². The van der Waals surface area contributed by atoms with Gasteiger partial charge >= 0.3 is 5.69 Å². The van der Waals surface area contributed by atoms with Crippen molar-refractivity contribution in [3.63, 3.8) is 0 Å². The highest BCUT2D eigenvalue weighted by Crippen LogP contribution is 2.12. The average Bonchev–Trinajstić information content (AvgIpc) is 2.75. The van der Waals surface area contributed by atoms with Crippen LogP contribution in [0.25, 0.3) is 11.2 Å². The summed E-state index contributed by atoms with van der Waals surface area (Å²) in [6.45, 7) is 10.7. The molecule has 0 unspecified atom stereocenters. The molecule has 2 aromatic rings. The van der Waals surface area contributed by atoms with Gasteiger partial charge in [-0.1, -0.05) is 6.92 Å². The summed E-state index contributed by atoms with van der Waals surface area (Å²) in [5.41, 5.74) is 5.68. The number of aromatic nitrogens is 4. The number of aryl methyl sites for hydroxylation is 3. The van der Waals surface area contributed by atoms with E-state index >= 15 is 0 Å². The van der Waals surface area contributed by atoms with Gasteiger partial charge in [0.1, 0.15) is 5.82 Å². The van der Waals surface area contributed by atoms with Crippen molar-refractivity contribution >= 4 is 11.2 Å². The maximum atomic E-state index is 12.8. The Hall–Kier alpha value is -1.89. The lowest BCUT2D eigenvalue weighted by Gasteiger charge is -2.20. The largest absolute Gasteiger partial charge is 0.332 e. The fourth-order valence-corrected chi connectivity index (χ4v) is 2.76. The molecule has 0 bridgehead atoms. The van der Waals surface area contributed by atoms with Gasteiger partial charge in [-0.3, -0.25) is 13.9 Å². The van der Waals surface area contributed by atoms with Crippen LogP contribution in [0.15, 0.2) is 9.59 Å². The van der Waals surface area contributed by atoms with Crippen LogP contribution in [-0.4, -0.2) is 24.2 Å². The predicted molar refractivity (Wildman–Crippen MR) is 87.2 cm³/mol. The van der Waals surface area contributed by atoms with Gasteiger partial charge in [-0.2, -0.15) is 0 Å². The van der Waals surface area contributed by atoms with Crippen LogP contribution in [0.2, 0.25) is 0 Å². The molecule has 0 saturated heterocycles. The number of rotatable bonds is 5. The van der Waals surface area contributed by atoms with E-state index in [0.717, 1.165) is 12.2 Å². The highest BCUT2D eigenvalue weighted by atomic mass is 16.2. The first-order valence-electron chi connectivity index (χ1n) is 7.70. The topological polar surface area (TPSA) is 87.8 Å². The highest BCUT2D eigenvalue weighted by molar-refractivity contribution is 5.71. The minimum atomic E-state index is -0.646. The maximum absolute atomic E-state index is 12.8. The molecule has 0 aliphatic carbocycles. The number of nitrogens with zero attached hydrogens (tertiary/aromatic N) is 4. The number of hydrogen-bond acceptors (Lipinski definition) is 4. The van der Waals surface area contributed by atoms with E-state index in [0.29, 0.717) is 24.3 Å². The Labute approximate surface area is 129 Å². The second-order valence-electron chi connectivity index (χ2n) is 6.39. The third kappa shape index (κ3) is 2.72. The van der Waals surface area contributed by atoms with Crippen LogP contribution in [-0.2, 0) is 19.6 Å². The van der Waals surface area contributed by atoms with E-state index < -0.39 is 5.54 Å². The summed E-state index contributed by atoms with van der Waals surface area (Å²) in [5, 5.41) is 0. The van der Waals surface area contributed by atoms with Crippen LogP contribution in [0, 0.1) is 6.92 Å². The third-order valence-corrected chi connectivity index (χ3v) is 3.63. The lowest BCUT2D eigenvalue weighted by atomic mass is 10.1. The Balaban J connectivity index is 2.92. The van der Waals surface area contributed by atoms with E-state index in [9.17, 15) is 9.59 Å². The first kappa shape index (κ1) is 16.5. The molecular weight excluding hydrogens is 282 g/mol. The zero-order valence-electron chi connectivity index (χ0n) is 14.0. The first-order valence-corrected chi connectivity index (χ1v) is 7.70. The van der Waals surface area contributed by atoms with Gasteiger partial charge in [-0.05, 0) is 34.1 Å². The van der Waals surface area contributed by atoms with Gasteiger partial charge in [0, 0.05) is 25.2 Å². The molecule has 0 aliphatic heterocycles. The molecular formula is C15H25N5O2. The van der Waals surface area contributed by atoms with E-state index in [4.69, 9.17) is 5.73 Å². The molecule has 2 rings (SSSR count). The molecule has 22 heavy (non-hydrogen) atoms. The van der Waals surface area contributed by atoms with Crippen molar-refractivity contribution in [3.8, 4) is 0 Å². The van der Waals surface area contributed by atoms with Crippen molar-refractivity contribution in [1.29, 1.82) is 0 Å². The van der Waals surface area contributed by atoms with E-state index in [1.54, 1.807) is 18.4 Å². The molecule has 2 heterocycles. The molecule has 0 aromatic carbocycles. The van der Waals surface area contributed by atoms with E-state index in [1.165, 1.54) is 4.57 Å². The number of fused-ring (bicyclic) bond motifs is 1. The van der Waals surface area contributed by atoms with Crippen molar-refractivity contribution in [3.05, 3.63) is 26.7 Å². The van der Waals surface area contributed by atoms with Crippen LogP contribution in [0.4, 0.5) is 0 Å². The highest BCUT2D eigenvalue weighted by Gasteiger charge is 2.22. The van der Waals surface area contributed by atoms with Crippen molar-refractivity contribution in [2.24, 2.45) is 5.73 Å². The maximum Gasteiger partial charge on any atom is 0.332 e. The van der Waals surface area contributed by atoms with Gasteiger partial charge in [0.05, 0.1) is 0 Å². The Kier molecular flexibility index (Phi) is 4.28. The van der Waals surface area contributed by atoms with Gasteiger partial charge in [0.25, 0.3) is 5.56 Å². The lowest BCUT2D eigenvalue weighted by Crippen LogP contribution is -2.48. The van der Waals surface area contributed by atoms with Crippen molar-refractivity contribution in [1.82, 2.24) is 18.7 Å². The molecule has 0 spiro atoms. The standard InChI is InChI=1S/C15H25N5O2/c1-6-8-19-12-11(18(7-2)10(3)17-12)13(21)20(14(19)22)9-15(4,5)16/h6-9,16H2,1-5H3. The second kappa shape index (κ2) is 5.72. The molecule has 2 aromatic heterocycles. The Morgan fingerprint density at radius 3 is 2.27 bits per heavy atom. The van der Waals surface area contributed by atoms with Crippen LogP contribution in [0.5, 0.6) is 0 Å². The summed E-state index contributed by atoms with van der Waals surface area (Å²) in [6, 6.07) is 0. The summed E-state index contributed by atoms with van der Waals surface area (Å²) in [7, 11) is 0. The summed E-state index contributed by atoms with van der Waals surface area (Å²) >= 11 is 0. The van der Waals surface area contributed by atoms with Crippen molar-refractivity contribution in [2.75, 3.05) is 0 Å². The smallest absolute Gasteiger partial charge is 0.324 e. The van der Waals surface area contributed by atoms with Crippen LogP contribution >= 0.6 is 0 Å². The SMILES string of the molecule is CCCn1c(=O)n(CC(C)(C)N)c(=O)c2c1nc(C)n2CC. The fourth-order valence-electron chi connectivity index (χ4n) is 2.76. The molecule has 122 valence electrons. The summed E-state index contributed by atoms with van der Waals surface area (Å²) in [6.07, 6.45) is 0.789. The van der Waals surface area contributed by atoms with E-state index in [2.05, 4.69) is 4.98 Å². The lowest BCUT2D eigenvalue weighted by molar-refractivity contribution is 0.406. The van der Waals surface area contributed by atoms with Crippen LogP contribution in [0.3, 0.4) is 0 Å². The first-order chi connectivity index (χ1) is 10.2. The monoisotopic (exact) mass is 307 g/mol. The third-order valence-electron chi connectivity index (χ3n) is 3.63. The summed E-state index contributed by atoms with van der Waals surface area (Å²) in [5.74, 6) is 0.739. The van der Waals surface area contributed by atoms with Gasteiger partial charge in [-0.25, -0.2) is 9.78 Å².